The average Bonchev–Trinajstić information content (AvgIpc) is 3.78. The van der Waals surface area contributed by atoms with E-state index < -0.39 is 0 Å². The van der Waals surface area contributed by atoms with Gasteiger partial charge in [0.1, 0.15) is 0 Å². The molecule has 2 aromatic rings. The van der Waals surface area contributed by atoms with Gasteiger partial charge in [0.15, 0.2) is 0 Å². The Labute approximate surface area is 281 Å². The maximum atomic E-state index is 12.8. The normalized spacial score (nSPS) is 19.2. The van der Waals surface area contributed by atoms with Crippen molar-refractivity contribution in [1.29, 1.82) is 0 Å². The second-order valence-corrected chi connectivity index (χ2v) is 13.5. The zero-order chi connectivity index (χ0) is 34.7. The van der Waals surface area contributed by atoms with Gasteiger partial charge in [0.25, 0.3) is 0 Å². The van der Waals surface area contributed by atoms with Crippen LogP contribution in [0.2, 0.25) is 0 Å². The van der Waals surface area contributed by atoms with E-state index in [-0.39, 0.29) is 35.6 Å². The first-order valence-corrected chi connectivity index (χ1v) is 17.2. The zero-order valence-corrected chi connectivity index (χ0v) is 30.6. The zero-order valence-electron chi connectivity index (χ0n) is 30.6. The Morgan fingerprint density at radius 3 is 1.36 bits per heavy atom. The monoisotopic (exact) mass is 644 g/mol. The molecule has 0 bridgehead atoms. The fraction of sp³-hybridized carbons (Fsp3) is 0.538. The molecule has 4 N–H and O–H groups in total. The molecule has 0 aromatic carbocycles. The summed E-state index contributed by atoms with van der Waals surface area (Å²) in [5.74, 6) is -1.28. The topological polar surface area (TPSA) is 108 Å². The largest absolute Gasteiger partial charge is 0.469 e. The van der Waals surface area contributed by atoms with Gasteiger partial charge in [-0.3, -0.25) is 9.59 Å². The number of carbonyl (C=O) groups is 2. The number of methoxy groups -OCH3 is 2. The highest BCUT2D eigenvalue weighted by Crippen LogP contribution is 2.39. The third-order valence-electron chi connectivity index (χ3n) is 10.8. The van der Waals surface area contributed by atoms with Gasteiger partial charge in [-0.1, -0.05) is 41.5 Å². The summed E-state index contributed by atoms with van der Waals surface area (Å²) in [6, 6.07) is 0. The van der Waals surface area contributed by atoms with Crippen LogP contribution >= 0.6 is 0 Å². The van der Waals surface area contributed by atoms with Gasteiger partial charge in [-0.05, 0) is 109 Å². The number of aromatic amines is 2. The summed E-state index contributed by atoms with van der Waals surface area (Å²) in [6.07, 6.45) is 6.95. The molecule has 0 aliphatic carbocycles. The molecular weight excluding hydrogens is 588 g/mol. The molecule has 0 saturated heterocycles. The fourth-order valence-electron chi connectivity index (χ4n) is 7.54. The van der Waals surface area contributed by atoms with Crippen molar-refractivity contribution < 1.29 is 19.1 Å². The first-order chi connectivity index (χ1) is 22.3. The van der Waals surface area contributed by atoms with Crippen LogP contribution in [0.1, 0.15) is 125 Å². The number of allylic oxidation sites excluding steroid dienone is 2. The molecular formula is C39H56N4O4. The lowest BCUT2D eigenvalue weighted by atomic mass is 9.83. The first-order valence-electron chi connectivity index (χ1n) is 17.2. The molecule has 0 fully saturated rings. The van der Waals surface area contributed by atoms with Crippen molar-refractivity contribution in [2.75, 3.05) is 27.3 Å². The van der Waals surface area contributed by atoms with Gasteiger partial charge >= 0.3 is 11.9 Å². The Hall–Kier alpha value is -3.94. The van der Waals surface area contributed by atoms with Crippen molar-refractivity contribution in [2.24, 2.45) is 11.8 Å². The number of aromatic nitrogens is 2. The summed E-state index contributed by atoms with van der Waals surface area (Å²) < 4.78 is 10.4. The van der Waals surface area contributed by atoms with E-state index in [1.807, 2.05) is 13.8 Å². The van der Waals surface area contributed by atoms with Gasteiger partial charge in [0, 0.05) is 53.7 Å². The predicted octanol–water partition coefficient (Wildman–Crippen LogP) is 7.72. The van der Waals surface area contributed by atoms with Gasteiger partial charge in [0.2, 0.25) is 0 Å². The van der Waals surface area contributed by atoms with Crippen molar-refractivity contribution in [3.05, 3.63) is 78.7 Å². The predicted molar refractivity (Wildman–Crippen MR) is 191 cm³/mol. The molecule has 8 nitrogen and oxygen atoms in total. The number of H-pyrrole nitrogens is 2. The van der Waals surface area contributed by atoms with Crippen LogP contribution in [-0.2, 0) is 25.5 Å². The molecule has 2 aromatic heterocycles. The van der Waals surface area contributed by atoms with Gasteiger partial charge in [-0.25, -0.2) is 0 Å². The average molecular weight is 645 g/mol. The molecule has 0 spiro atoms. The number of esters is 2. The summed E-state index contributed by atoms with van der Waals surface area (Å²) in [5, 5.41) is 7.15. The molecule has 2 aliphatic heterocycles. The lowest BCUT2D eigenvalue weighted by Crippen LogP contribution is -2.21. The Morgan fingerprint density at radius 1 is 0.681 bits per heavy atom. The van der Waals surface area contributed by atoms with Crippen LogP contribution in [0.25, 0.3) is 12.2 Å². The molecule has 2 aliphatic rings. The maximum absolute atomic E-state index is 12.8. The minimum Gasteiger partial charge on any atom is -0.469 e. The molecule has 8 heteroatoms. The number of hydrogen-bond acceptors (Lipinski definition) is 6. The van der Waals surface area contributed by atoms with E-state index in [1.165, 1.54) is 36.5 Å². The third-order valence-corrected chi connectivity index (χ3v) is 10.8. The van der Waals surface area contributed by atoms with Gasteiger partial charge in [0.05, 0.1) is 26.1 Å². The summed E-state index contributed by atoms with van der Waals surface area (Å²) in [4.78, 5) is 33.2. The number of ether oxygens (including phenoxy) is 2. The molecule has 4 heterocycles. The summed E-state index contributed by atoms with van der Waals surface area (Å²) in [5.41, 5.74) is 16.4. The second-order valence-electron chi connectivity index (χ2n) is 13.5. The Morgan fingerprint density at radius 2 is 1.04 bits per heavy atom. The second kappa shape index (κ2) is 14.9. The molecule has 0 amide bonds. The van der Waals surface area contributed by atoms with Crippen LogP contribution in [0.3, 0.4) is 0 Å². The van der Waals surface area contributed by atoms with Crippen LogP contribution in [-0.4, -0.2) is 49.2 Å². The van der Waals surface area contributed by atoms with E-state index in [2.05, 4.69) is 88.1 Å². The van der Waals surface area contributed by atoms with E-state index in [9.17, 15) is 9.59 Å². The highest BCUT2D eigenvalue weighted by atomic mass is 16.5. The van der Waals surface area contributed by atoms with Gasteiger partial charge in [-0.15, -0.1) is 0 Å². The fourth-order valence-corrected chi connectivity index (χ4v) is 7.54. The van der Waals surface area contributed by atoms with Gasteiger partial charge in [-0.2, -0.15) is 0 Å². The summed E-state index contributed by atoms with van der Waals surface area (Å²) >= 11 is 0. The number of hydrogen-bond donors (Lipinski definition) is 4. The van der Waals surface area contributed by atoms with Crippen molar-refractivity contribution in [3.63, 3.8) is 0 Å². The number of nitrogens with one attached hydrogen (secondary N) is 4. The smallest absolute Gasteiger partial charge is 0.308 e. The van der Waals surface area contributed by atoms with Crippen LogP contribution < -0.4 is 10.6 Å². The van der Waals surface area contributed by atoms with Crippen molar-refractivity contribution in [3.8, 4) is 0 Å². The Balaban J connectivity index is 1.90. The van der Waals surface area contributed by atoms with E-state index in [1.54, 1.807) is 0 Å². The van der Waals surface area contributed by atoms with E-state index >= 15 is 0 Å². The molecule has 0 saturated carbocycles. The van der Waals surface area contributed by atoms with Crippen LogP contribution in [0, 0.1) is 25.7 Å². The van der Waals surface area contributed by atoms with Gasteiger partial charge < -0.3 is 30.1 Å². The quantitative estimate of drug-likeness (QED) is 0.176. The lowest BCUT2D eigenvalue weighted by Gasteiger charge is -2.22. The molecule has 4 rings (SSSR count). The Bertz CT molecular complexity index is 1530. The minimum atomic E-state index is -0.328. The molecule has 256 valence electrons. The van der Waals surface area contributed by atoms with Crippen LogP contribution in [0.4, 0.5) is 0 Å². The lowest BCUT2D eigenvalue weighted by molar-refractivity contribution is -0.146. The first kappa shape index (κ1) is 35.9. The van der Waals surface area contributed by atoms with E-state index in [0.29, 0.717) is 6.42 Å². The van der Waals surface area contributed by atoms with Crippen LogP contribution in [0.15, 0.2) is 33.7 Å². The number of carbonyl (C=O) groups excluding carboxylic acids is 2. The van der Waals surface area contributed by atoms with Crippen molar-refractivity contribution in [1.82, 2.24) is 20.6 Å². The van der Waals surface area contributed by atoms with E-state index in [4.69, 9.17) is 9.47 Å². The van der Waals surface area contributed by atoms with Crippen molar-refractivity contribution >= 4 is 24.1 Å². The SMILES string of the molecule is CCC1=C(C)CN/C1=C\c1[nH]c(Cc2[nH]c(/C=C3\NCC(C)=C3CC)c(C)c2[C@@H](C)[C@@H](C)C(=O)OC)c([C@@H](C)[C@@H](C)C(=O)OC)c1C. The highest BCUT2D eigenvalue weighted by molar-refractivity contribution is 5.75. The summed E-state index contributed by atoms with van der Waals surface area (Å²) in [6.45, 7) is 22.9. The van der Waals surface area contributed by atoms with Crippen LogP contribution in [0.5, 0.6) is 0 Å². The summed E-state index contributed by atoms with van der Waals surface area (Å²) in [7, 11) is 2.90. The standard InChI is InChI=1S/C39H56N4O4/c1-13-28-20(3)18-40-32(28)15-30-26(9)36(22(5)24(7)38(44)46-11)34(42-30)17-35-37(23(6)25(8)39(45)47-12)27(10)31(43-35)16-33-29(14-2)21(4)19-41-33/h15-16,22-25,40-43H,13-14,17-19H2,1-12H3/b32-15-,33-16-/t22-,23-,24+,25+/m0/s1. The molecule has 0 unspecified atom stereocenters. The van der Waals surface area contributed by atoms with Crippen molar-refractivity contribution in [2.45, 2.75) is 100 Å². The molecule has 47 heavy (non-hydrogen) atoms. The maximum Gasteiger partial charge on any atom is 0.308 e. The Kier molecular flexibility index (Phi) is 11.4. The molecule has 0 radical (unpaired) electrons. The minimum absolute atomic E-state index is 0.0873. The third kappa shape index (κ3) is 7.02. The number of rotatable bonds is 12. The molecule has 4 atom stereocenters. The highest BCUT2D eigenvalue weighted by Gasteiger charge is 2.32. The van der Waals surface area contributed by atoms with E-state index in [0.717, 1.165) is 82.4 Å².